The van der Waals surface area contributed by atoms with Crippen molar-refractivity contribution in [1.29, 1.82) is 0 Å². The Bertz CT molecular complexity index is 504. The number of hydrogen-bond acceptors (Lipinski definition) is 3. The van der Waals surface area contributed by atoms with Gasteiger partial charge in [-0.2, -0.15) is 5.10 Å². The smallest absolute Gasteiger partial charge is 0.251 e. The van der Waals surface area contributed by atoms with Crippen LogP contribution in [0.2, 0.25) is 0 Å². The third-order valence-corrected chi connectivity index (χ3v) is 2.65. The second-order valence-electron chi connectivity index (χ2n) is 3.56. The van der Waals surface area contributed by atoms with Crippen LogP contribution in [-0.4, -0.2) is 16.1 Å². The van der Waals surface area contributed by atoms with Gasteiger partial charge in [0.1, 0.15) is 0 Å². The van der Waals surface area contributed by atoms with Crippen molar-refractivity contribution < 1.29 is 4.79 Å². The monoisotopic (exact) mass is 294 g/mol. The normalized spacial score (nSPS) is 10.2. The largest absolute Gasteiger partial charge is 0.399 e. The van der Waals surface area contributed by atoms with Gasteiger partial charge in [0.05, 0.1) is 6.20 Å². The number of nitrogens with two attached hydrogens (primary N) is 1. The second kappa shape index (κ2) is 5.01. The first-order valence-electron chi connectivity index (χ1n) is 4.97. The highest BCUT2D eigenvalue weighted by Gasteiger charge is 2.07. The molecule has 1 aromatic carbocycles. The number of H-pyrrole nitrogens is 1. The molecule has 0 fully saturated rings. The number of nitrogen functional groups attached to an aromatic ring is 1. The fraction of sp³-hybridized carbons (Fsp3) is 0.0909. The van der Waals surface area contributed by atoms with Gasteiger partial charge in [0.25, 0.3) is 5.91 Å². The molecule has 2 rings (SSSR count). The van der Waals surface area contributed by atoms with Crippen LogP contribution in [0.15, 0.2) is 35.1 Å². The van der Waals surface area contributed by atoms with Crippen LogP contribution < -0.4 is 11.1 Å². The van der Waals surface area contributed by atoms with Crippen molar-refractivity contribution in [1.82, 2.24) is 15.5 Å². The van der Waals surface area contributed by atoms with Crippen LogP contribution in [0.1, 0.15) is 15.9 Å². The highest BCUT2D eigenvalue weighted by Crippen LogP contribution is 2.17. The average molecular weight is 295 g/mol. The zero-order chi connectivity index (χ0) is 12.3. The molecule has 6 heteroatoms. The van der Waals surface area contributed by atoms with E-state index in [0.717, 1.165) is 10.0 Å². The number of anilines is 1. The number of benzene rings is 1. The van der Waals surface area contributed by atoms with E-state index in [0.29, 0.717) is 17.8 Å². The fourth-order valence-electron chi connectivity index (χ4n) is 1.40. The van der Waals surface area contributed by atoms with Crippen molar-refractivity contribution in [2.24, 2.45) is 0 Å². The lowest BCUT2D eigenvalue weighted by atomic mass is 10.2. The lowest BCUT2D eigenvalue weighted by Gasteiger charge is -2.05. The molecule has 0 bridgehead atoms. The minimum atomic E-state index is -0.167. The topological polar surface area (TPSA) is 83.8 Å². The molecule has 4 N–H and O–H groups in total. The highest BCUT2D eigenvalue weighted by atomic mass is 79.9. The van der Waals surface area contributed by atoms with Gasteiger partial charge >= 0.3 is 0 Å². The van der Waals surface area contributed by atoms with Crippen molar-refractivity contribution in [2.45, 2.75) is 6.54 Å². The summed E-state index contributed by atoms with van der Waals surface area (Å²) < 4.78 is 0.783. The third kappa shape index (κ3) is 3.07. The van der Waals surface area contributed by atoms with E-state index < -0.39 is 0 Å². The maximum atomic E-state index is 11.8. The molecular weight excluding hydrogens is 284 g/mol. The Morgan fingerprint density at radius 3 is 2.94 bits per heavy atom. The van der Waals surface area contributed by atoms with Crippen LogP contribution in [0.5, 0.6) is 0 Å². The number of amides is 1. The van der Waals surface area contributed by atoms with Gasteiger partial charge in [0.15, 0.2) is 0 Å². The van der Waals surface area contributed by atoms with E-state index in [-0.39, 0.29) is 5.91 Å². The van der Waals surface area contributed by atoms with Gasteiger partial charge in [0.2, 0.25) is 0 Å². The zero-order valence-corrected chi connectivity index (χ0v) is 10.5. The summed E-state index contributed by atoms with van der Waals surface area (Å²) in [4.78, 5) is 11.8. The molecule has 0 radical (unpaired) electrons. The minimum Gasteiger partial charge on any atom is -0.399 e. The number of aromatic nitrogens is 2. The summed E-state index contributed by atoms with van der Waals surface area (Å²) in [6.45, 7) is 0.432. The van der Waals surface area contributed by atoms with Gasteiger partial charge in [0, 0.05) is 34.0 Å². The summed E-state index contributed by atoms with van der Waals surface area (Å²) in [6, 6.07) is 5.10. The summed E-state index contributed by atoms with van der Waals surface area (Å²) in [7, 11) is 0. The number of nitrogens with one attached hydrogen (secondary N) is 2. The lowest BCUT2D eigenvalue weighted by Crippen LogP contribution is -2.22. The van der Waals surface area contributed by atoms with E-state index in [1.165, 1.54) is 0 Å². The van der Waals surface area contributed by atoms with Gasteiger partial charge in [-0.05, 0) is 18.2 Å². The molecule has 1 amide bonds. The highest BCUT2D eigenvalue weighted by molar-refractivity contribution is 9.10. The Morgan fingerprint density at radius 2 is 2.29 bits per heavy atom. The number of carbonyl (C=O) groups is 1. The Labute approximate surface area is 107 Å². The average Bonchev–Trinajstić information content (AvgIpc) is 2.77. The molecule has 88 valence electrons. The summed E-state index contributed by atoms with van der Waals surface area (Å²) in [5, 5.41) is 9.26. The van der Waals surface area contributed by atoms with Crippen LogP contribution in [0.3, 0.4) is 0 Å². The van der Waals surface area contributed by atoms with Crippen LogP contribution in [0.25, 0.3) is 0 Å². The van der Waals surface area contributed by atoms with Crippen molar-refractivity contribution in [3.63, 3.8) is 0 Å². The summed E-state index contributed by atoms with van der Waals surface area (Å²) in [5.41, 5.74) is 7.66. The molecule has 0 aliphatic carbocycles. The molecule has 0 saturated carbocycles. The Balaban J connectivity index is 2.04. The predicted octanol–water partition coefficient (Wildman–Crippen LogP) is 1.68. The van der Waals surface area contributed by atoms with Crippen LogP contribution in [-0.2, 0) is 6.54 Å². The molecule has 0 atom stereocenters. The van der Waals surface area contributed by atoms with E-state index in [2.05, 4.69) is 31.4 Å². The summed E-state index contributed by atoms with van der Waals surface area (Å²) in [5.74, 6) is -0.167. The first-order valence-corrected chi connectivity index (χ1v) is 5.76. The number of hydrogen-bond donors (Lipinski definition) is 3. The molecule has 0 aliphatic rings. The quantitative estimate of drug-likeness (QED) is 0.753. The van der Waals surface area contributed by atoms with E-state index in [1.807, 2.05) is 0 Å². The molecule has 0 unspecified atom stereocenters. The number of rotatable bonds is 3. The van der Waals surface area contributed by atoms with E-state index in [4.69, 9.17) is 5.73 Å². The van der Waals surface area contributed by atoms with Crippen LogP contribution in [0.4, 0.5) is 5.69 Å². The predicted molar refractivity (Wildman–Crippen MR) is 68.3 cm³/mol. The fourth-order valence-corrected chi connectivity index (χ4v) is 1.91. The minimum absolute atomic E-state index is 0.167. The van der Waals surface area contributed by atoms with E-state index >= 15 is 0 Å². The number of carbonyl (C=O) groups excluding carboxylic acids is 1. The van der Waals surface area contributed by atoms with Crippen molar-refractivity contribution in [2.75, 3.05) is 5.73 Å². The summed E-state index contributed by atoms with van der Waals surface area (Å²) in [6.07, 6.45) is 3.39. The molecular formula is C11H11BrN4O. The third-order valence-electron chi connectivity index (χ3n) is 2.19. The van der Waals surface area contributed by atoms with E-state index in [9.17, 15) is 4.79 Å². The summed E-state index contributed by atoms with van der Waals surface area (Å²) >= 11 is 3.30. The SMILES string of the molecule is Nc1cc(Br)cc(C(=O)NCc2cn[nH]c2)c1. The Hall–Kier alpha value is -1.82. The number of nitrogens with zero attached hydrogens (tertiary/aromatic N) is 1. The van der Waals surface area contributed by atoms with E-state index in [1.54, 1.807) is 30.6 Å². The second-order valence-corrected chi connectivity index (χ2v) is 4.48. The first-order chi connectivity index (χ1) is 8.15. The zero-order valence-electron chi connectivity index (χ0n) is 8.90. The van der Waals surface area contributed by atoms with Crippen molar-refractivity contribution in [3.05, 3.63) is 46.2 Å². The van der Waals surface area contributed by atoms with Gasteiger partial charge in [-0.15, -0.1) is 0 Å². The molecule has 1 aromatic heterocycles. The maximum Gasteiger partial charge on any atom is 0.251 e. The first kappa shape index (κ1) is 11.7. The van der Waals surface area contributed by atoms with Crippen LogP contribution >= 0.6 is 15.9 Å². The molecule has 17 heavy (non-hydrogen) atoms. The van der Waals surface area contributed by atoms with Gasteiger partial charge in [-0.3, -0.25) is 9.89 Å². The lowest BCUT2D eigenvalue weighted by molar-refractivity contribution is 0.0951. The Kier molecular flexibility index (Phi) is 3.43. The van der Waals surface area contributed by atoms with Gasteiger partial charge in [-0.25, -0.2) is 0 Å². The molecule has 0 aliphatic heterocycles. The standard InChI is InChI=1S/C11H11BrN4O/c12-9-1-8(2-10(13)3-9)11(17)14-4-7-5-15-16-6-7/h1-3,5-6H,4,13H2,(H,14,17)(H,15,16). The van der Waals surface area contributed by atoms with Gasteiger partial charge < -0.3 is 11.1 Å². The molecule has 5 nitrogen and oxygen atoms in total. The van der Waals surface area contributed by atoms with Crippen LogP contribution in [0, 0.1) is 0 Å². The molecule has 1 heterocycles. The number of halogens is 1. The maximum absolute atomic E-state index is 11.8. The molecule has 0 saturated heterocycles. The van der Waals surface area contributed by atoms with Gasteiger partial charge in [-0.1, -0.05) is 15.9 Å². The number of aromatic amines is 1. The Morgan fingerprint density at radius 1 is 1.47 bits per heavy atom. The molecule has 2 aromatic rings. The molecule has 0 spiro atoms. The van der Waals surface area contributed by atoms with Crippen molar-refractivity contribution in [3.8, 4) is 0 Å². The van der Waals surface area contributed by atoms with Crippen molar-refractivity contribution >= 4 is 27.5 Å².